The molecule has 0 fully saturated rings. The van der Waals surface area contributed by atoms with Crippen LogP contribution in [0.25, 0.3) is 0 Å². The summed E-state index contributed by atoms with van der Waals surface area (Å²) in [5, 5.41) is 0. The van der Waals surface area contributed by atoms with Crippen molar-refractivity contribution >= 4 is 24.1 Å². The second kappa shape index (κ2) is 9.98. The van der Waals surface area contributed by atoms with Crippen molar-refractivity contribution in [3.63, 3.8) is 0 Å². The number of carbonyl (C=O) groups is 3. The summed E-state index contributed by atoms with van der Waals surface area (Å²) in [5.41, 5.74) is 0.353. The number of amides is 3. The molecule has 0 spiro atoms. The van der Waals surface area contributed by atoms with Gasteiger partial charge in [0.15, 0.2) is 5.84 Å². The average Bonchev–Trinajstić information content (AvgIpc) is 2.56. The lowest BCUT2D eigenvalue weighted by Crippen LogP contribution is -2.43. The van der Waals surface area contributed by atoms with E-state index >= 15 is 0 Å². The zero-order chi connectivity index (χ0) is 17.9. The highest BCUT2D eigenvalue weighted by Crippen LogP contribution is 2.11. The van der Waals surface area contributed by atoms with Crippen molar-refractivity contribution in [2.75, 3.05) is 19.8 Å². The van der Waals surface area contributed by atoms with E-state index in [1.165, 1.54) is 0 Å². The Kier molecular flexibility index (Phi) is 7.97. The minimum Gasteiger partial charge on any atom is -0.449 e. The molecule has 0 atom stereocenters. The summed E-state index contributed by atoms with van der Waals surface area (Å²) in [4.78, 5) is 40.4. The second-order valence-corrected chi connectivity index (χ2v) is 4.23. The first-order chi connectivity index (χ1) is 11.5. The number of aliphatic imine (C=N–C) groups is 1. The van der Waals surface area contributed by atoms with E-state index in [0.29, 0.717) is 10.5 Å². The maximum atomic E-state index is 12.2. The van der Waals surface area contributed by atoms with Gasteiger partial charge in [0, 0.05) is 5.56 Å². The highest BCUT2D eigenvalue weighted by molar-refractivity contribution is 6.17. The van der Waals surface area contributed by atoms with Crippen molar-refractivity contribution in [1.82, 2.24) is 4.90 Å². The monoisotopic (exact) mass is 336 g/mol. The first-order valence-corrected chi connectivity index (χ1v) is 7.49. The molecule has 0 radical (unpaired) electrons. The first kappa shape index (κ1) is 19.1. The molecule has 24 heavy (non-hydrogen) atoms. The normalized spacial score (nSPS) is 10.7. The summed E-state index contributed by atoms with van der Waals surface area (Å²) in [6.07, 6.45) is -2.93. The summed E-state index contributed by atoms with van der Waals surface area (Å²) in [5.74, 6) is -0.231. The minimum absolute atomic E-state index is 0.0379. The van der Waals surface area contributed by atoms with Crippen LogP contribution in [0, 0.1) is 0 Å². The van der Waals surface area contributed by atoms with E-state index in [-0.39, 0.29) is 25.7 Å². The van der Waals surface area contributed by atoms with E-state index in [2.05, 4.69) is 4.99 Å². The molecule has 0 unspecified atom stereocenters. The Morgan fingerprint density at radius 1 is 0.875 bits per heavy atom. The number of hydrogen-bond acceptors (Lipinski definition) is 6. The van der Waals surface area contributed by atoms with E-state index in [9.17, 15) is 14.4 Å². The average molecular weight is 336 g/mol. The third-order valence-electron chi connectivity index (χ3n) is 2.61. The molecule has 1 aromatic rings. The Bertz CT molecular complexity index is 582. The highest BCUT2D eigenvalue weighted by atomic mass is 16.6. The first-order valence-electron chi connectivity index (χ1n) is 7.49. The van der Waals surface area contributed by atoms with Gasteiger partial charge in [-0.3, -0.25) is 0 Å². The molecule has 0 N–H and O–H groups in total. The summed E-state index contributed by atoms with van der Waals surface area (Å²) in [6.45, 7) is 4.97. The fourth-order valence-corrected chi connectivity index (χ4v) is 1.70. The Hall–Kier alpha value is -2.90. The van der Waals surface area contributed by atoms with Gasteiger partial charge in [-0.15, -0.1) is 0 Å². The van der Waals surface area contributed by atoms with Gasteiger partial charge < -0.3 is 14.2 Å². The minimum atomic E-state index is -0.997. The van der Waals surface area contributed by atoms with Crippen molar-refractivity contribution < 1.29 is 28.6 Å². The summed E-state index contributed by atoms with van der Waals surface area (Å²) in [6, 6.07) is 8.26. The molecule has 0 aliphatic rings. The molecule has 1 aromatic carbocycles. The molecule has 3 amide bonds. The van der Waals surface area contributed by atoms with Gasteiger partial charge in [0.1, 0.15) is 0 Å². The van der Waals surface area contributed by atoms with Gasteiger partial charge in [-0.2, -0.15) is 9.89 Å². The lowest BCUT2D eigenvalue weighted by Gasteiger charge is -2.20. The van der Waals surface area contributed by atoms with Crippen LogP contribution in [0.3, 0.4) is 0 Å². The molecule has 8 heteroatoms. The van der Waals surface area contributed by atoms with Crippen LogP contribution in [-0.4, -0.2) is 48.8 Å². The molecule has 0 aliphatic carbocycles. The second-order valence-electron chi connectivity index (χ2n) is 4.23. The Labute approximate surface area is 140 Å². The number of benzene rings is 1. The fourth-order valence-electron chi connectivity index (χ4n) is 1.70. The molecule has 0 heterocycles. The van der Waals surface area contributed by atoms with Crippen LogP contribution in [0.5, 0.6) is 0 Å². The molecule has 0 bridgehead atoms. The van der Waals surface area contributed by atoms with Crippen LogP contribution in [-0.2, 0) is 14.2 Å². The van der Waals surface area contributed by atoms with Gasteiger partial charge in [0.05, 0.1) is 19.8 Å². The standard InChI is InChI=1S/C16H20N2O6/c1-4-22-14(19)17-13(12-10-8-7-9-11-12)18(15(20)23-5-2)16(21)24-6-3/h7-11H,4-6H2,1-3H3. The molecule has 0 saturated heterocycles. The zero-order valence-electron chi connectivity index (χ0n) is 13.9. The van der Waals surface area contributed by atoms with E-state index < -0.39 is 18.3 Å². The Morgan fingerprint density at radius 2 is 1.38 bits per heavy atom. The van der Waals surface area contributed by atoms with E-state index in [4.69, 9.17) is 14.2 Å². The third-order valence-corrected chi connectivity index (χ3v) is 2.61. The summed E-state index contributed by atoms with van der Waals surface area (Å²) in [7, 11) is 0. The van der Waals surface area contributed by atoms with Gasteiger partial charge >= 0.3 is 18.3 Å². The van der Waals surface area contributed by atoms with Gasteiger partial charge in [-0.25, -0.2) is 14.4 Å². The van der Waals surface area contributed by atoms with Crippen molar-refractivity contribution in [2.24, 2.45) is 4.99 Å². The van der Waals surface area contributed by atoms with Gasteiger partial charge in [0.25, 0.3) is 0 Å². The summed E-state index contributed by atoms with van der Waals surface area (Å²) >= 11 is 0. The van der Waals surface area contributed by atoms with Crippen molar-refractivity contribution in [1.29, 1.82) is 0 Å². The Morgan fingerprint density at radius 3 is 1.83 bits per heavy atom. The SMILES string of the molecule is CCOC(=O)N=C(c1ccccc1)N(C(=O)OCC)C(=O)OCC. The van der Waals surface area contributed by atoms with E-state index in [1.807, 2.05) is 0 Å². The Balaban J connectivity index is 3.36. The van der Waals surface area contributed by atoms with Gasteiger partial charge in [-0.05, 0) is 20.8 Å². The number of rotatable bonds is 4. The number of imide groups is 1. The van der Waals surface area contributed by atoms with Crippen LogP contribution in [0.15, 0.2) is 35.3 Å². The van der Waals surface area contributed by atoms with Crippen LogP contribution < -0.4 is 0 Å². The maximum absolute atomic E-state index is 12.2. The molecular weight excluding hydrogens is 316 g/mol. The van der Waals surface area contributed by atoms with E-state index in [1.54, 1.807) is 51.1 Å². The maximum Gasteiger partial charge on any atom is 0.435 e. The zero-order valence-corrected chi connectivity index (χ0v) is 13.9. The number of hydrogen-bond donors (Lipinski definition) is 0. The van der Waals surface area contributed by atoms with Crippen LogP contribution >= 0.6 is 0 Å². The molecule has 0 aliphatic heterocycles. The quantitative estimate of drug-likeness (QED) is 0.476. The van der Waals surface area contributed by atoms with Crippen molar-refractivity contribution in [2.45, 2.75) is 20.8 Å². The smallest absolute Gasteiger partial charge is 0.435 e. The predicted octanol–water partition coefficient (Wildman–Crippen LogP) is 3.20. The van der Waals surface area contributed by atoms with Crippen molar-refractivity contribution in [3.05, 3.63) is 35.9 Å². The number of amidine groups is 1. The summed E-state index contributed by atoms with van der Waals surface area (Å²) < 4.78 is 14.5. The fraction of sp³-hybridized carbons (Fsp3) is 0.375. The molecular formula is C16H20N2O6. The molecule has 0 saturated carbocycles. The molecule has 8 nitrogen and oxygen atoms in total. The van der Waals surface area contributed by atoms with E-state index in [0.717, 1.165) is 0 Å². The largest absolute Gasteiger partial charge is 0.449 e. The van der Waals surface area contributed by atoms with Crippen molar-refractivity contribution in [3.8, 4) is 0 Å². The molecule has 1 rings (SSSR count). The van der Waals surface area contributed by atoms with Crippen LogP contribution in [0.1, 0.15) is 26.3 Å². The molecule has 0 aromatic heterocycles. The number of ether oxygens (including phenoxy) is 3. The highest BCUT2D eigenvalue weighted by Gasteiger charge is 2.31. The topological polar surface area (TPSA) is 94.5 Å². The predicted molar refractivity (Wildman–Crippen MR) is 85.9 cm³/mol. The van der Waals surface area contributed by atoms with Gasteiger partial charge in [0.2, 0.25) is 0 Å². The number of nitrogens with zero attached hydrogens (tertiary/aromatic N) is 2. The number of carbonyl (C=O) groups excluding carboxylic acids is 3. The van der Waals surface area contributed by atoms with Crippen LogP contribution in [0.4, 0.5) is 14.4 Å². The lowest BCUT2D eigenvalue weighted by atomic mass is 10.2. The van der Waals surface area contributed by atoms with Gasteiger partial charge in [-0.1, -0.05) is 30.3 Å². The third kappa shape index (κ3) is 5.38. The molecule has 130 valence electrons. The lowest BCUT2D eigenvalue weighted by molar-refractivity contribution is 0.101. The van der Waals surface area contributed by atoms with Crippen LogP contribution in [0.2, 0.25) is 0 Å².